The van der Waals surface area contributed by atoms with E-state index in [1.165, 1.54) is 24.3 Å². The van der Waals surface area contributed by atoms with E-state index >= 15 is 0 Å². The SMILES string of the molecule is CCS(=O)(=O)c1ccc(C(=O)Nc2ccc(Cl)c(-c3nnc4n3CCCCC4)c2)cc1. The number of hydrogen-bond donors (Lipinski definition) is 1. The van der Waals surface area contributed by atoms with Crippen LogP contribution in [0.2, 0.25) is 5.02 Å². The monoisotopic (exact) mass is 458 g/mol. The summed E-state index contributed by atoms with van der Waals surface area (Å²) in [4.78, 5) is 12.9. The number of halogens is 1. The van der Waals surface area contributed by atoms with E-state index in [1.807, 2.05) is 0 Å². The minimum Gasteiger partial charge on any atom is -0.322 e. The van der Waals surface area contributed by atoms with E-state index in [2.05, 4.69) is 20.1 Å². The van der Waals surface area contributed by atoms with Crippen LogP contribution in [0, 0.1) is 0 Å². The number of hydrogen-bond acceptors (Lipinski definition) is 5. The number of benzene rings is 2. The summed E-state index contributed by atoms with van der Waals surface area (Å²) in [5.74, 6) is 1.33. The largest absolute Gasteiger partial charge is 0.322 e. The van der Waals surface area contributed by atoms with E-state index in [1.54, 1.807) is 25.1 Å². The second kappa shape index (κ2) is 8.80. The lowest BCUT2D eigenvalue weighted by Crippen LogP contribution is -2.12. The lowest BCUT2D eigenvalue weighted by Gasteiger charge is -2.11. The second-order valence-corrected chi connectivity index (χ2v) is 10.2. The van der Waals surface area contributed by atoms with Gasteiger partial charge >= 0.3 is 0 Å². The Morgan fingerprint density at radius 2 is 1.87 bits per heavy atom. The number of aryl methyl sites for hydroxylation is 1. The van der Waals surface area contributed by atoms with Gasteiger partial charge in [0.1, 0.15) is 5.82 Å². The summed E-state index contributed by atoms with van der Waals surface area (Å²) in [6.45, 7) is 2.43. The molecule has 162 valence electrons. The van der Waals surface area contributed by atoms with Crippen LogP contribution in [0.25, 0.3) is 11.4 Å². The summed E-state index contributed by atoms with van der Waals surface area (Å²) < 4.78 is 26.0. The average Bonchev–Trinajstić information content (AvgIpc) is 3.02. The van der Waals surface area contributed by atoms with Crippen molar-refractivity contribution in [3.05, 3.63) is 58.9 Å². The average molecular weight is 459 g/mol. The summed E-state index contributed by atoms with van der Waals surface area (Å²) in [5.41, 5.74) is 1.65. The van der Waals surface area contributed by atoms with Crippen molar-refractivity contribution in [1.82, 2.24) is 14.8 Å². The number of anilines is 1. The first kappa shape index (κ1) is 21.5. The van der Waals surface area contributed by atoms with Crippen molar-refractivity contribution in [3.63, 3.8) is 0 Å². The molecule has 3 aromatic rings. The van der Waals surface area contributed by atoms with Gasteiger partial charge in [-0.05, 0) is 55.3 Å². The quantitative estimate of drug-likeness (QED) is 0.612. The number of nitrogens with zero attached hydrogens (tertiary/aromatic N) is 3. The van der Waals surface area contributed by atoms with Crippen molar-refractivity contribution in [1.29, 1.82) is 0 Å². The Morgan fingerprint density at radius 1 is 1.10 bits per heavy atom. The molecule has 0 aliphatic carbocycles. The molecule has 1 aliphatic heterocycles. The summed E-state index contributed by atoms with van der Waals surface area (Å²) >= 11 is 6.45. The van der Waals surface area contributed by atoms with E-state index in [-0.39, 0.29) is 16.6 Å². The molecule has 0 bridgehead atoms. The lowest BCUT2D eigenvalue weighted by molar-refractivity contribution is 0.102. The van der Waals surface area contributed by atoms with E-state index < -0.39 is 9.84 Å². The fraction of sp³-hybridized carbons (Fsp3) is 0.318. The van der Waals surface area contributed by atoms with Crippen LogP contribution < -0.4 is 5.32 Å². The molecule has 0 saturated carbocycles. The molecular formula is C22H23ClN4O3S. The molecule has 1 amide bonds. The van der Waals surface area contributed by atoms with E-state index in [0.717, 1.165) is 38.1 Å². The zero-order chi connectivity index (χ0) is 22.0. The van der Waals surface area contributed by atoms with Crippen molar-refractivity contribution in [2.24, 2.45) is 0 Å². The van der Waals surface area contributed by atoms with E-state index in [9.17, 15) is 13.2 Å². The molecule has 1 aromatic heterocycles. The Balaban J connectivity index is 1.58. The van der Waals surface area contributed by atoms with Crippen molar-refractivity contribution >= 4 is 33.0 Å². The molecule has 9 heteroatoms. The first-order valence-corrected chi connectivity index (χ1v) is 12.3. The van der Waals surface area contributed by atoms with Crippen LogP contribution in [-0.2, 0) is 22.8 Å². The maximum Gasteiger partial charge on any atom is 0.255 e. The zero-order valence-electron chi connectivity index (χ0n) is 17.1. The Kier molecular flexibility index (Phi) is 6.11. The standard InChI is InChI=1S/C22H23ClN4O3S/c1-2-31(29,30)17-10-7-15(8-11-17)22(28)24-16-9-12-19(23)18(14-16)21-26-25-20-6-4-3-5-13-27(20)21/h7-12,14H,2-6,13H2,1H3,(H,24,28). The van der Waals surface area contributed by atoms with Crippen molar-refractivity contribution < 1.29 is 13.2 Å². The minimum absolute atomic E-state index is 0.0123. The Bertz CT molecular complexity index is 1220. The third-order valence-electron chi connectivity index (χ3n) is 5.43. The predicted molar refractivity (Wildman–Crippen MR) is 120 cm³/mol. The topological polar surface area (TPSA) is 93.9 Å². The number of fused-ring (bicyclic) bond motifs is 1. The zero-order valence-corrected chi connectivity index (χ0v) is 18.7. The maximum absolute atomic E-state index is 12.7. The van der Waals surface area contributed by atoms with Crippen molar-refractivity contribution in [2.45, 2.75) is 44.0 Å². The highest BCUT2D eigenvalue weighted by molar-refractivity contribution is 7.91. The van der Waals surface area contributed by atoms with Crippen LogP contribution in [-0.4, -0.2) is 34.8 Å². The Hall–Kier alpha value is -2.71. The molecule has 0 fully saturated rings. The molecule has 31 heavy (non-hydrogen) atoms. The molecule has 7 nitrogen and oxygen atoms in total. The number of nitrogens with one attached hydrogen (secondary N) is 1. The van der Waals surface area contributed by atoms with Crippen molar-refractivity contribution in [3.8, 4) is 11.4 Å². The molecule has 1 aliphatic rings. The maximum atomic E-state index is 12.7. The normalized spacial score (nSPS) is 14.0. The van der Waals surface area contributed by atoms with Gasteiger partial charge in [0.15, 0.2) is 15.7 Å². The van der Waals surface area contributed by atoms with Gasteiger partial charge in [0.05, 0.1) is 15.7 Å². The van der Waals surface area contributed by atoms with Gasteiger partial charge in [-0.2, -0.15) is 0 Å². The third-order valence-corrected chi connectivity index (χ3v) is 7.51. The van der Waals surface area contributed by atoms with Crippen LogP contribution >= 0.6 is 11.6 Å². The second-order valence-electron chi connectivity index (χ2n) is 7.48. The van der Waals surface area contributed by atoms with Gasteiger partial charge in [0, 0.05) is 29.8 Å². The smallest absolute Gasteiger partial charge is 0.255 e. The molecule has 0 saturated heterocycles. The fourth-order valence-electron chi connectivity index (χ4n) is 3.64. The number of rotatable bonds is 5. The molecule has 0 radical (unpaired) electrons. The molecule has 0 spiro atoms. The molecule has 0 unspecified atom stereocenters. The number of carbonyl (C=O) groups is 1. The van der Waals surface area contributed by atoms with Gasteiger partial charge in [-0.3, -0.25) is 4.79 Å². The number of carbonyl (C=O) groups excluding carboxylic acids is 1. The van der Waals surface area contributed by atoms with Gasteiger partial charge in [-0.25, -0.2) is 8.42 Å². The van der Waals surface area contributed by atoms with E-state index in [0.29, 0.717) is 27.7 Å². The van der Waals surface area contributed by atoms with Gasteiger partial charge < -0.3 is 9.88 Å². The van der Waals surface area contributed by atoms with Gasteiger partial charge in [-0.1, -0.05) is 24.9 Å². The number of sulfone groups is 1. The highest BCUT2D eigenvalue weighted by Crippen LogP contribution is 2.31. The molecule has 0 atom stereocenters. The third kappa shape index (κ3) is 4.50. The lowest BCUT2D eigenvalue weighted by atomic mass is 10.1. The highest BCUT2D eigenvalue weighted by Gasteiger charge is 2.19. The summed E-state index contributed by atoms with van der Waals surface area (Å²) in [6, 6.07) is 11.2. The minimum atomic E-state index is -3.31. The first-order chi connectivity index (χ1) is 14.9. The number of amides is 1. The van der Waals surface area contributed by atoms with Crippen LogP contribution in [0.4, 0.5) is 5.69 Å². The summed E-state index contributed by atoms with van der Waals surface area (Å²) in [7, 11) is -3.31. The van der Waals surface area contributed by atoms with Gasteiger partial charge in [-0.15, -0.1) is 10.2 Å². The molecule has 4 rings (SSSR count). The summed E-state index contributed by atoms with van der Waals surface area (Å²) in [5, 5.41) is 12.1. The van der Waals surface area contributed by atoms with Crippen LogP contribution in [0.15, 0.2) is 47.4 Å². The highest BCUT2D eigenvalue weighted by atomic mass is 35.5. The molecule has 2 heterocycles. The van der Waals surface area contributed by atoms with Crippen LogP contribution in [0.1, 0.15) is 42.4 Å². The molecule has 2 aromatic carbocycles. The fourth-order valence-corrected chi connectivity index (χ4v) is 4.73. The predicted octanol–water partition coefficient (Wildman–Crippen LogP) is 4.37. The van der Waals surface area contributed by atoms with Gasteiger partial charge in [0.25, 0.3) is 5.91 Å². The number of aromatic nitrogens is 3. The first-order valence-electron chi connectivity index (χ1n) is 10.2. The Labute approximate surface area is 186 Å². The summed E-state index contributed by atoms with van der Waals surface area (Å²) in [6.07, 6.45) is 4.21. The van der Waals surface area contributed by atoms with E-state index in [4.69, 9.17) is 11.6 Å². The van der Waals surface area contributed by atoms with Crippen molar-refractivity contribution in [2.75, 3.05) is 11.1 Å². The van der Waals surface area contributed by atoms with Crippen LogP contribution in [0.5, 0.6) is 0 Å². The molecule has 1 N–H and O–H groups in total. The molecular weight excluding hydrogens is 436 g/mol. The Morgan fingerprint density at radius 3 is 2.61 bits per heavy atom. The van der Waals surface area contributed by atoms with Gasteiger partial charge in [0.2, 0.25) is 0 Å². The van der Waals surface area contributed by atoms with Crippen LogP contribution in [0.3, 0.4) is 0 Å².